The lowest BCUT2D eigenvalue weighted by Gasteiger charge is -2.16. The van der Waals surface area contributed by atoms with Crippen LogP contribution in [0.2, 0.25) is 0 Å². The quantitative estimate of drug-likeness (QED) is 0.213. The van der Waals surface area contributed by atoms with Crippen molar-refractivity contribution in [1.29, 1.82) is 0 Å². The van der Waals surface area contributed by atoms with Gasteiger partial charge >= 0.3 is 6.03 Å². The molecule has 0 saturated carbocycles. The number of urea groups is 1. The van der Waals surface area contributed by atoms with E-state index in [1.807, 2.05) is 46.0 Å². The zero-order chi connectivity index (χ0) is 26.0. The first-order valence-electron chi connectivity index (χ1n) is 12.2. The van der Waals surface area contributed by atoms with Gasteiger partial charge in [0.15, 0.2) is 0 Å². The number of hydrogen-bond acceptors (Lipinski definition) is 8. The molecule has 0 bridgehead atoms. The Labute approximate surface area is 228 Å². The number of halogens is 1. The van der Waals surface area contributed by atoms with E-state index in [0.29, 0.717) is 43.4 Å². The summed E-state index contributed by atoms with van der Waals surface area (Å²) in [6.07, 6.45) is 5.00. The molecule has 1 aliphatic heterocycles. The van der Waals surface area contributed by atoms with E-state index in [1.54, 1.807) is 17.5 Å². The normalized spacial score (nSPS) is 13.7. The van der Waals surface area contributed by atoms with E-state index in [2.05, 4.69) is 47.2 Å². The highest BCUT2D eigenvalue weighted by Gasteiger charge is 2.18. The molecular formula is C25H31BrN8O2S. The molecule has 3 aromatic rings. The van der Waals surface area contributed by atoms with Gasteiger partial charge in [-0.15, -0.1) is 0 Å². The summed E-state index contributed by atoms with van der Waals surface area (Å²) in [6, 6.07) is 8.78. The minimum absolute atomic E-state index is 0.0818. The number of aromatic nitrogens is 2. The van der Waals surface area contributed by atoms with Gasteiger partial charge in [0.05, 0.1) is 10.5 Å². The maximum Gasteiger partial charge on any atom is 0.321 e. The molecule has 0 radical (unpaired) electrons. The van der Waals surface area contributed by atoms with E-state index in [0.717, 1.165) is 41.7 Å². The molecule has 0 spiro atoms. The van der Waals surface area contributed by atoms with Crippen LogP contribution < -0.4 is 27.0 Å². The summed E-state index contributed by atoms with van der Waals surface area (Å²) in [4.78, 5) is 35.3. The van der Waals surface area contributed by atoms with Crippen LogP contribution in [0.15, 0.2) is 51.8 Å². The van der Waals surface area contributed by atoms with Crippen LogP contribution in [-0.2, 0) is 11.2 Å². The average molecular weight is 588 g/mol. The van der Waals surface area contributed by atoms with Gasteiger partial charge in [-0.1, -0.05) is 6.07 Å². The minimum Gasteiger partial charge on any atom is -0.369 e. The van der Waals surface area contributed by atoms with Gasteiger partial charge in [0, 0.05) is 43.8 Å². The van der Waals surface area contributed by atoms with Crippen molar-refractivity contribution in [2.45, 2.75) is 31.7 Å². The van der Waals surface area contributed by atoms with Gasteiger partial charge in [0.25, 0.3) is 0 Å². The topological polar surface area (TPSA) is 137 Å². The molecule has 1 fully saturated rings. The van der Waals surface area contributed by atoms with Gasteiger partial charge in [-0.3, -0.25) is 4.79 Å². The van der Waals surface area contributed by atoms with Crippen molar-refractivity contribution in [3.63, 3.8) is 0 Å². The fraction of sp³-hybridized carbons (Fsp3) is 0.360. The van der Waals surface area contributed by atoms with E-state index < -0.39 is 6.04 Å². The Morgan fingerprint density at radius 3 is 2.76 bits per heavy atom. The Bertz CT molecular complexity index is 1190. The van der Waals surface area contributed by atoms with E-state index in [4.69, 9.17) is 5.73 Å². The summed E-state index contributed by atoms with van der Waals surface area (Å²) in [5.41, 5.74) is 8.54. The van der Waals surface area contributed by atoms with Gasteiger partial charge < -0.3 is 31.9 Å². The standard InChI is InChI=1S/C25H31BrN8O2S/c26-20-15-30-24(31-18-5-3-6-19(14-18)32-25(36)34-10-1-2-11-34)33-22(20)28-8-4-9-29-23(35)21(27)13-17-7-12-37-16-17/h3,5-7,12,14-16,21H,1-2,4,8-11,13,27H2,(H,29,35)(H,32,36)(H2,28,30,31,33)/t21-/m0/s1. The molecule has 37 heavy (non-hydrogen) atoms. The summed E-state index contributed by atoms with van der Waals surface area (Å²) < 4.78 is 0.728. The maximum atomic E-state index is 12.4. The largest absolute Gasteiger partial charge is 0.369 e. The second-order valence-corrected chi connectivity index (χ2v) is 10.4. The van der Waals surface area contributed by atoms with Crippen molar-refractivity contribution in [2.24, 2.45) is 5.73 Å². The van der Waals surface area contributed by atoms with Gasteiger partial charge in [-0.2, -0.15) is 16.3 Å². The molecular weight excluding hydrogens is 556 g/mol. The molecule has 1 aromatic carbocycles. The molecule has 3 heterocycles. The first-order valence-corrected chi connectivity index (χ1v) is 14.0. The van der Waals surface area contributed by atoms with Gasteiger partial charge in [-0.05, 0) is 82.2 Å². The molecule has 1 aliphatic rings. The van der Waals surface area contributed by atoms with E-state index in [9.17, 15) is 9.59 Å². The lowest BCUT2D eigenvalue weighted by Crippen LogP contribution is -2.42. The number of hydrogen-bond donors (Lipinski definition) is 5. The SMILES string of the molecule is N[C@@H](Cc1ccsc1)C(=O)NCCCNc1nc(Nc2cccc(NC(=O)N3CCCC3)c2)ncc1Br. The number of carbonyl (C=O) groups is 2. The van der Waals surface area contributed by atoms with Crippen LogP contribution in [0.25, 0.3) is 0 Å². The zero-order valence-electron chi connectivity index (χ0n) is 20.4. The molecule has 2 aromatic heterocycles. The second kappa shape index (κ2) is 13.4. The Kier molecular flexibility index (Phi) is 9.69. The number of likely N-dealkylation sites (tertiary alicyclic amines) is 1. The first-order chi connectivity index (χ1) is 18.0. The fourth-order valence-electron chi connectivity index (χ4n) is 3.87. The van der Waals surface area contributed by atoms with E-state index >= 15 is 0 Å². The van der Waals surface area contributed by atoms with Crippen LogP contribution in [0.4, 0.5) is 27.9 Å². The maximum absolute atomic E-state index is 12.4. The number of rotatable bonds is 11. The lowest BCUT2D eigenvalue weighted by molar-refractivity contribution is -0.122. The monoisotopic (exact) mass is 586 g/mol. The molecule has 1 saturated heterocycles. The third kappa shape index (κ3) is 8.14. The van der Waals surface area contributed by atoms with Crippen LogP contribution in [0.1, 0.15) is 24.8 Å². The number of benzene rings is 1. The smallest absolute Gasteiger partial charge is 0.321 e. The van der Waals surface area contributed by atoms with E-state index in [-0.39, 0.29) is 11.9 Å². The number of nitrogens with one attached hydrogen (secondary N) is 4. The molecule has 0 unspecified atom stereocenters. The molecule has 196 valence electrons. The highest BCUT2D eigenvalue weighted by molar-refractivity contribution is 9.10. The molecule has 10 nitrogen and oxygen atoms in total. The number of anilines is 4. The molecule has 0 aliphatic carbocycles. The predicted molar refractivity (Wildman–Crippen MR) is 151 cm³/mol. The number of carbonyl (C=O) groups excluding carboxylic acids is 2. The summed E-state index contributed by atoms with van der Waals surface area (Å²) >= 11 is 5.07. The second-order valence-electron chi connectivity index (χ2n) is 8.73. The van der Waals surface area contributed by atoms with Crippen LogP contribution in [0, 0.1) is 0 Å². The Morgan fingerprint density at radius 1 is 1.16 bits per heavy atom. The molecule has 1 atom stereocenters. The van der Waals surface area contributed by atoms with Crippen molar-refractivity contribution in [1.82, 2.24) is 20.2 Å². The molecule has 6 N–H and O–H groups in total. The zero-order valence-corrected chi connectivity index (χ0v) is 22.8. The van der Waals surface area contributed by atoms with Crippen LogP contribution in [-0.4, -0.2) is 59.0 Å². The lowest BCUT2D eigenvalue weighted by atomic mass is 10.1. The first kappa shape index (κ1) is 26.8. The Hall–Kier alpha value is -3.22. The number of thiophene rings is 1. The predicted octanol–water partition coefficient (Wildman–Crippen LogP) is 4.16. The number of amides is 3. The summed E-state index contributed by atoms with van der Waals surface area (Å²) in [5, 5.41) is 16.3. The Balaban J connectivity index is 1.23. The van der Waals surface area contributed by atoms with Crippen molar-refractivity contribution >= 4 is 62.3 Å². The van der Waals surface area contributed by atoms with Gasteiger partial charge in [0.2, 0.25) is 11.9 Å². The van der Waals surface area contributed by atoms with Crippen LogP contribution in [0.3, 0.4) is 0 Å². The summed E-state index contributed by atoms with van der Waals surface area (Å²) in [7, 11) is 0. The highest BCUT2D eigenvalue weighted by Crippen LogP contribution is 2.23. The van der Waals surface area contributed by atoms with Crippen LogP contribution >= 0.6 is 27.3 Å². The van der Waals surface area contributed by atoms with Crippen molar-refractivity contribution in [3.05, 3.63) is 57.3 Å². The van der Waals surface area contributed by atoms with Crippen molar-refractivity contribution < 1.29 is 9.59 Å². The molecule has 4 rings (SSSR count). The third-order valence-corrected chi connectivity index (χ3v) is 7.14. The van der Waals surface area contributed by atoms with E-state index in [1.165, 1.54) is 0 Å². The average Bonchev–Trinajstić information content (AvgIpc) is 3.60. The molecule has 12 heteroatoms. The minimum atomic E-state index is -0.556. The number of nitrogens with two attached hydrogens (primary N) is 1. The summed E-state index contributed by atoms with van der Waals surface area (Å²) in [6.45, 7) is 2.70. The Morgan fingerprint density at radius 2 is 1.97 bits per heavy atom. The van der Waals surface area contributed by atoms with Gasteiger partial charge in [0.1, 0.15) is 5.82 Å². The highest BCUT2D eigenvalue weighted by atomic mass is 79.9. The van der Waals surface area contributed by atoms with Crippen molar-refractivity contribution in [2.75, 3.05) is 42.1 Å². The molecule has 3 amide bonds. The third-order valence-electron chi connectivity index (χ3n) is 5.83. The fourth-order valence-corrected chi connectivity index (χ4v) is 4.88. The van der Waals surface area contributed by atoms with Crippen molar-refractivity contribution in [3.8, 4) is 0 Å². The van der Waals surface area contributed by atoms with Crippen LogP contribution in [0.5, 0.6) is 0 Å². The summed E-state index contributed by atoms with van der Waals surface area (Å²) in [5.74, 6) is 0.901. The van der Waals surface area contributed by atoms with Gasteiger partial charge in [-0.25, -0.2) is 9.78 Å². The number of nitrogens with zero attached hydrogens (tertiary/aromatic N) is 3.